The minimum absolute atomic E-state index is 0.0487. The zero-order valence-electron chi connectivity index (χ0n) is 27.1. The van der Waals surface area contributed by atoms with Crippen molar-refractivity contribution in [3.05, 3.63) is 12.2 Å². The molecule has 0 heterocycles. The SMILES string of the molecule is CCCCCCCCCCCCCCCCC/C=C/C[N+](CCCCC(=O)[O-])(CCCCC(=O)O)CCCCC(=O)O. The Labute approximate surface area is 257 Å². The van der Waals surface area contributed by atoms with Gasteiger partial charge in [0.15, 0.2) is 0 Å². The molecule has 0 atom stereocenters. The summed E-state index contributed by atoms with van der Waals surface area (Å²) in [7, 11) is 0. The maximum Gasteiger partial charge on any atom is 0.303 e. The van der Waals surface area contributed by atoms with E-state index in [9.17, 15) is 19.5 Å². The molecule has 0 radical (unpaired) electrons. The molecule has 0 unspecified atom stereocenters. The quantitative estimate of drug-likeness (QED) is 0.0451. The summed E-state index contributed by atoms with van der Waals surface area (Å²) in [5, 5.41) is 29.0. The Kier molecular flexibility index (Phi) is 27.9. The van der Waals surface area contributed by atoms with Gasteiger partial charge in [-0.05, 0) is 63.9 Å². The molecule has 0 aromatic heterocycles. The zero-order valence-corrected chi connectivity index (χ0v) is 27.1. The van der Waals surface area contributed by atoms with Gasteiger partial charge >= 0.3 is 11.9 Å². The van der Waals surface area contributed by atoms with E-state index in [1.165, 1.54) is 96.3 Å². The number of rotatable bonds is 33. The number of hydrogen-bond acceptors (Lipinski definition) is 4. The molecule has 0 saturated heterocycles. The minimum atomic E-state index is -1.03. The third kappa shape index (κ3) is 28.2. The van der Waals surface area contributed by atoms with E-state index in [1.807, 2.05) is 0 Å². The van der Waals surface area contributed by atoms with Crippen LogP contribution in [0.25, 0.3) is 0 Å². The van der Waals surface area contributed by atoms with Crippen LogP contribution in [0.5, 0.6) is 0 Å². The second-order valence-electron chi connectivity index (χ2n) is 12.4. The zero-order chi connectivity index (χ0) is 31.2. The van der Waals surface area contributed by atoms with Crippen molar-refractivity contribution in [3.63, 3.8) is 0 Å². The first-order valence-corrected chi connectivity index (χ1v) is 17.4. The van der Waals surface area contributed by atoms with Crippen LogP contribution in [0.2, 0.25) is 0 Å². The number of nitrogens with zero attached hydrogens (tertiary/aromatic N) is 1. The lowest BCUT2D eigenvalue weighted by Gasteiger charge is -2.38. The molecule has 0 fully saturated rings. The van der Waals surface area contributed by atoms with Crippen molar-refractivity contribution < 1.29 is 34.2 Å². The summed E-state index contributed by atoms with van der Waals surface area (Å²) in [6, 6.07) is 0. The van der Waals surface area contributed by atoms with E-state index in [1.54, 1.807) is 0 Å². The highest BCUT2D eigenvalue weighted by atomic mass is 16.4. The van der Waals surface area contributed by atoms with Gasteiger partial charge in [-0.1, -0.05) is 103 Å². The Hall–Kier alpha value is -1.89. The van der Waals surface area contributed by atoms with Gasteiger partial charge in [0.25, 0.3) is 0 Å². The first-order valence-electron chi connectivity index (χ1n) is 17.4. The number of carbonyl (C=O) groups excluding carboxylic acids is 1. The van der Waals surface area contributed by atoms with Crippen LogP contribution in [0.1, 0.15) is 167 Å². The van der Waals surface area contributed by atoms with Crippen molar-refractivity contribution >= 4 is 17.9 Å². The molecule has 0 saturated carbocycles. The fourth-order valence-electron chi connectivity index (χ4n) is 5.82. The monoisotopic (exact) mass is 595 g/mol. The van der Waals surface area contributed by atoms with Crippen LogP contribution >= 0.6 is 0 Å². The van der Waals surface area contributed by atoms with Gasteiger partial charge in [-0.25, -0.2) is 0 Å². The molecule has 0 bridgehead atoms. The van der Waals surface area contributed by atoms with Crippen LogP contribution in [-0.2, 0) is 14.4 Å². The van der Waals surface area contributed by atoms with E-state index in [2.05, 4.69) is 19.1 Å². The molecule has 42 heavy (non-hydrogen) atoms. The molecule has 7 heteroatoms. The van der Waals surface area contributed by atoms with Gasteiger partial charge in [-0.2, -0.15) is 0 Å². The van der Waals surface area contributed by atoms with Crippen LogP contribution in [0.15, 0.2) is 12.2 Å². The number of aliphatic carboxylic acids is 3. The van der Waals surface area contributed by atoms with Crippen LogP contribution in [0.3, 0.4) is 0 Å². The molecular formula is C35H65NO6. The fraction of sp³-hybridized carbons (Fsp3) is 0.857. The van der Waals surface area contributed by atoms with Crippen molar-refractivity contribution in [2.75, 3.05) is 26.2 Å². The standard InChI is InChI=1S/C35H65NO6/c1-2-3-4-5-6-7-8-9-10-11-12-13-14-15-16-17-18-22-29-36(30-23-19-26-33(37)38,31-24-20-27-34(39)40)32-25-21-28-35(41)42/h18,22H,2-17,19-21,23-32H2,1H3,(H2-,37,38,39,40,41,42)/b22-18+. The third-order valence-electron chi connectivity index (χ3n) is 8.44. The molecule has 0 aromatic carbocycles. The van der Waals surface area contributed by atoms with Gasteiger partial charge in [0.05, 0.1) is 26.2 Å². The van der Waals surface area contributed by atoms with Crippen molar-refractivity contribution in [2.45, 2.75) is 167 Å². The van der Waals surface area contributed by atoms with E-state index in [0.717, 1.165) is 56.3 Å². The Balaban J connectivity index is 4.41. The average molecular weight is 596 g/mol. The van der Waals surface area contributed by atoms with Gasteiger partial charge in [-0.15, -0.1) is 0 Å². The smallest absolute Gasteiger partial charge is 0.303 e. The van der Waals surface area contributed by atoms with Crippen LogP contribution in [0, 0.1) is 0 Å². The second kappa shape index (κ2) is 29.2. The van der Waals surface area contributed by atoms with E-state index in [4.69, 9.17) is 10.2 Å². The summed E-state index contributed by atoms with van der Waals surface area (Å²) in [5.74, 6) is -2.60. The van der Waals surface area contributed by atoms with Crippen molar-refractivity contribution in [3.8, 4) is 0 Å². The number of allylic oxidation sites excluding steroid dienone is 1. The van der Waals surface area contributed by atoms with Crippen LogP contribution < -0.4 is 5.11 Å². The van der Waals surface area contributed by atoms with Crippen molar-refractivity contribution in [1.82, 2.24) is 0 Å². The molecule has 0 rings (SSSR count). The van der Waals surface area contributed by atoms with Crippen LogP contribution in [-0.4, -0.2) is 58.8 Å². The van der Waals surface area contributed by atoms with E-state index in [0.29, 0.717) is 19.3 Å². The molecule has 0 aliphatic heterocycles. The highest BCUT2D eigenvalue weighted by Crippen LogP contribution is 2.18. The second-order valence-corrected chi connectivity index (χ2v) is 12.4. The Morgan fingerprint density at radius 3 is 1.29 bits per heavy atom. The van der Waals surface area contributed by atoms with E-state index in [-0.39, 0.29) is 19.3 Å². The van der Waals surface area contributed by atoms with Crippen molar-refractivity contribution in [1.29, 1.82) is 0 Å². The Bertz CT molecular complexity index is 638. The predicted octanol–water partition coefficient (Wildman–Crippen LogP) is 8.05. The first-order chi connectivity index (χ1) is 20.3. The summed E-state index contributed by atoms with van der Waals surface area (Å²) < 4.78 is 0.766. The lowest BCUT2D eigenvalue weighted by Crippen LogP contribution is -2.50. The topological polar surface area (TPSA) is 115 Å². The van der Waals surface area contributed by atoms with E-state index < -0.39 is 17.9 Å². The largest absolute Gasteiger partial charge is 0.550 e. The summed E-state index contributed by atoms with van der Waals surface area (Å²) in [5.41, 5.74) is 0. The lowest BCUT2D eigenvalue weighted by atomic mass is 10.0. The van der Waals surface area contributed by atoms with Gasteiger partial charge in [-0.3, -0.25) is 9.59 Å². The number of unbranched alkanes of at least 4 members (excludes halogenated alkanes) is 18. The van der Waals surface area contributed by atoms with Gasteiger partial charge in [0.1, 0.15) is 0 Å². The van der Waals surface area contributed by atoms with Gasteiger partial charge in [0.2, 0.25) is 0 Å². The van der Waals surface area contributed by atoms with Gasteiger partial charge < -0.3 is 24.6 Å². The predicted molar refractivity (Wildman–Crippen MR) is 170 cm³/mol. The Morgan fingerprint density at radius 1 is 0.524 bits per heavy atom. The highest BCUT2D eigenvalue weighted by Gasteiger charge is 2.25. The maximum absolute atomic E-state index is 11.0. The first kappa shape index (κ1) is 40.1. The molecule has 0 amide bonds. The average Bonchev–Trinajstić information content (AvgIpc) is 2.94. The third-order valence-corrected chi connectivity index (χ3v) is 8.44. The fourth-order valence-corrected chi connectivity index (χ4v) is 5.82. The summed E-state index contributed by atoms with van der Waals surface area (Å²) in [6.45, 7) is 5.57. The molecular weight excluding hydrogens is 530 g/mol. The summed E-state index contributed by atoms with van der Waals surface area (Å²) >= 11 is 0. The molecule has 246 valence electrons. The number of carbonyl (C=O) groups is 3. The van der Waals surface area contributed by atoms with Crippen molar-refractivity contribution in [2.24, 2.45) is 0 Å². The van der Waals surface area contributed by atoms with Gasteiger partial charge in [0, 0.05) is 18.8 Å². The summed E-state index contributed by atoms with van der Waals surface area (Å²) in [6.07, 6.45) is 30.4. The molecule has 0 aliphatic carbocycles. The molecule has 0 spiro atoms. The summed E-state index contributed by atoms with van der Waals surface area (Å²) in [4.78, 5) is 32.9. The number of carboxylic acids is 3. The highest BCUT2D eigenvalue weighted by molar-refractivity contribution is 5.66. The molecule has 7 nitrogen and oxygen atoms in total. The number of carboxylic acid groups (broad SMARTS) is 3. The molecule has 0 aromatic rings. The Morgan fingerprint density at radius 2 is 0.905 bits per heavy atom. The van der Waals surface area contributed by atoms with Crippen LogP contribution in [0.4, 0.5) is 0 Å². The number of quaternary nitrogens is 1. The normalized spacial score (nSPS) is 11.8. The molecule has 2 N–H and O–H groups in total. The lowest BCUT2D eigenvalue weighted by molar-refractivity contribution is -0.923. The minimum Gasteiger partial charge on any atom is -0.550 e. The molecule has 0 aliphatic rings. The van der Waals surface area contributed by atoms with E-state index >= 15 is 0 Å². The maximum atomic E-state index is 11.0. The number of hydrogen-bond donors (Lipinski definition) is 2.